The van der Waals surface area contributed by atoms with Gasteiger partial charge in [-0.05, 0) is 18.1 Å². The van der Waals surface area contributed by atoms with Crippen LogP contribution in [-0.4, -0.2) is 31.5 Å². The Morgan fingerprint density at radius 2 is 2.05 bits per heavy atom. The van der Waals surface area contributed by atoms with Crippen molar-refractivity contribution in [1.82, 2.24) is 5.32 Å². The maximum absolute atomic E-state index is 11.8. The maximum Gasteiger partial charge on any atom is 0.243 e. The quantitative estimate of drug-likeness (QED) is 0.739. The summed E-state index contributed by atoms with van der Waals surface area (Å²) in [5.74, 6) is -0.187. The van der Waals surface area contributed by atoms with Crippen molar-refractivity contribution in [3.8, 4) is 5.75 Å². The summed E-state index contributed by atoms with van der Waals surface area (Å²) in [5, 5.41) is 5.47. The van der Waals surface area contributed by atoms with Gasteiger partial charge in [-0.15, -0.1) is 0 Å². The minimum absolute atomic E-state index is 0.000824. The molecule has 0 heterocycles. The summed E-state index contributed by atoms with van der Waals surface area (Å²) in [7, 11) is 1.52. The van der Waals surface area contributed by atoms with Crippen molar-refractivity contribution in [2.75, 3.05) is 19.0 Å². The molecule has 0 aliphatic heterocycles. The van der Waals surface area contributed by atoms with Crippen LogP contribution >= 0.6 is 11.6 Å². The molecule has 1 aromatic rings. The monoisotopic (exact) mass is 313 g/mol. The molecule has 6 nitrogen and oxygen atoms in total. The summed E-state index contributed by atoms with van der Waals surface area (Å²) in [5.41, 5.74) is 6.10. The van der Waals surface area contributed by atoms with Crippen molar-refractivity contribution in [2.45, 2.75) is 19.9 Å². The third-order valence-corrected chi connectivity index (χ3v) is 3.22. The molecule has 21 heavy (non-hydrogen) atoms. The van der Waals surface area contributed by atoms with Crippen LogP contribution in [-0.2, 0) is 9.59 Å². The average Bonchev–Trinajstić information content (AvgIpc) is 2.46. The van der Waals surface area contributed by atoms with E-state index in [1.165, 1.54) is 7.11 Å². The lowest BCUT2D eigenvalue weighted by molar-refractivity contribution is -0.125. The molecule has 116 valence electrons. The fourth-order valence-electron chi connectivity index (χ4n) is 1.51. The van der Waals surface area contributed by atoms with Gasteiger partial charge in [0.25, 0.3) is 0 Å². The zero-order valence-electron chi connectivity index (χ0n) is 12.3. The van der Waals surface area contributed by atoms with Crippen LogP contribution in [0.3, 0.4) is 0 Å². The Bertz CT molecular complexity index is 520. The van der Waals surface area contributed by atoms with Gasteiger partial charge in [-0.1, -0.05) is 25.4 Å². The molecular formula is C14H20ClN3O3. The highest BCUT2D eigenvalue weighted by Crippen LogP contribution is 2.26. The van der Waals surface area contributed by atoms with Crippen LogP contribution in [0.5, 0.6) is 5.75 Å². The van der Waals surface area contributed by atoms with Gasteiger partial charge in [0.15, 0.2) is 0 Å². The molecule has 0 saturated heterocycles. The number of halogens is 1. The van der Waals surface area contributed by atoms with Gasteiger partial charge in [-0.2, -0.15) is 0 Å². The Kier molecular flexibility index (Phi) is 6.45. The number of carbonyl (C=O) groups excluding carboxylic acids is 2. The zero-order chi connectivity index (χ0) is 16.0. The summed E-state index contributed by atoms with van der Waals surface area (Å²) in [4.78, 5) is 23.4. The van der Waals surface area contributed by atoms with Gasteiger partial charge in [0.05, 0.1) is 30.4 Å². The molecule has 2 amide bonds. The van der Waals surface area contributed by atoms with E-state index in [4.69, 9.17) is 22.1 Å². The second-order valence-corrected chi connectivity index (χ2v) is 5.29. The van der Waals surface area contributed by atoms with Crippen molar-refractivity contribution in [1.29, 1.82) is 0 Å². The number of carbonyl (C=O) groups is 2. The number of hydrogen-bond donors (Lipinski definition) is 3. The smallest absolute Gasteiger partial charge is 0.243 e. The van der Waals surface area contributed by atoms with E-state index in [0.29, 0.717) is 16.5 Å². The molecule has 0 aliphatic carbocycles. The molecular weight excluding hydrogens is 294 g/mol. The van der Waals surface area contributed by atoms with Gasteiger partial charge in [0, 0.05) is 6.07 Å². The summed E-state index contributed by atoms with van der Waals surface area (Å²) < 4.78 is 5.05. The summed E-state index contributed by atoms with van der Waals surface area (Å²) >= 11 is 5.97. The van der Waals surface area contributed by atoms with E-state index in [0.717, 1.165) is 0 Å². The van der Waals surface area contributed by atoms with Crippen LogP contribution < -0.4 is 21.1 Å². The van der Waals surface area contributed by atoms with E-state index in [-0.39, 0.29) is 18.4 Å². The lowest BCUT2D eigenvalue weighted by atomic mass is 10.1. The summed E-state index contributed by atoms with van der Waals surface area (Å²) in [6.45, 7) is 3.49. The van der Waals surface area contributed by atoms with E-state index in [1.54, 1.807) is 18.2 Å². The first-order valence-corrected chi connectivity index (χ1v) is 6.89. The van der Waals surface area contributed by atoms with Crippen LogP contribution in [0, 0.1) is 5.92 Å². The van der Waals surface area contributed by atoms with Crippen LogP contribution in [0.2, 0.25) is 5.02 Å². The first kappa shape index (κ1) is 17.3. The Labute approximate surface area is 129 Å². The number of benzene rings is 1. The number of methoxy groups -OCH3 is 1. The van der Waals surface area contributed by atoms with E-state index in [1.807, 2.05) is 13.8 Å². The molecule has 7 heteroatoms. The molecule has 4 N–H and O–H groups in total. The highest BCUT2D eigenvalue weighted by Gasteiger charge is 2.17. The number of anilines is 1. The molecule has 1 aromatic carbocycles. The first-order chi connectivity index (χ1) is 9.85. The SMILES string of the molecule is COc1ccc(Cl)c(NC(=O)CNC(=O)[C@@H](N)C(C)C)c1. The largest absolute Gasteiger partial charge is 0.497 e. The second-order valence-electron chi connectivity index (χ2n) is 4.88. The summed E-state index contributed by atoms with van der Waals surface area (Å²) in [6.07, 6.45) is 0. The molecule has 1 atom stereocenters. The highest BCUT2D eigenvalue weighted by atomic mass is 35.5. The highest BCUT2D eigenvalue weighted by molar-refractivity contribution is 6.33. The average molecular weight is 314 g/mol. The third-order valence-electron chi connectivity index (χ3n) is 2.89. The van der Waals surface area contributed by atoms with Crippen molar-refractivity contribution in [3.05, 3.63) is 23.2 Å². The minimum atomic E-state index is -0.641. The fourth-order valence-corrected chi connectivity index (χ4v) is 1.67. The minimum Gasteiger partial charge on any atom is -0.497 e. The number of nitrogens with one attached hydrogen (secondary N) is 2. The predicted molar refractivity (Wildman–Crippen MR) is 82.5 cm³/mol. The Morgan fingerprint density at radius 1 is 1.38 bits per heavy atom. The van der Waals surface area contributed by atoms with Crippen molar-refractivity contribution in [3.63, 3.8) is 0 Å². The lowest BCUT2D eigenvalue weighted by Gasteiger charge is -2.15. The van der Waals surface area contributed by atoms with Gasteiger partial charge in [-0.25, -0.2) is 0 Å². The molecule has 0 radical (unpaired) electrons. The van der Waals surface area contributed by atoms with Gasteiger partial charge in [0.1, 0.15) is 5.75 Å². The molecule has 0 saturated carbocycles. The topological polar surface area (TPSA) is 93.5 Å². The molecule has 0 spiro atoms. The van der Waals surface area contributed by atoms with Crippen LogP contribution in [0.25, 0.3) is 0 Å². The molecule has 0 bridgehead atoms. The fraction of sp³-hybridized carbons (Fsp3) is 0.429. The molecule has 0 aliphatic rings. The molecule has 0 fully saturated rings. The number of ether oxygens (including phenoxy) is 1. The number of nitrogens with two attached hydrogens (primary N) is 1. The predicted octanol–water partition coefficient (Wildman–Crippen LogP) is 1.39. The lowest BCUT2D eigenvalue weighted by Crippen LogP contribution is -2.46. The molecule has 0 unspecified atom stereocenters. The van der Waals surface area contributed by atoms with Gasteiger partial charge in [-0.3, -0.25) is 9.59 Å². The third kappa shape index (κ3) is 5.24. The Hall–Kier alpha value is -1.79. The van der Waals surface area contributed by atoms with Crippen LogP contribution in [0.15, 0.2) is 18.2 Å². The molecule has 0 aromatic heterocycles. The standard InChI is InChI=1S/C14H20ClN3O3/c1-8(2)13(16)14(20)17-7-12(19)18-11-6-9(21-3)4-5-10(11)15/h4-6,8,13H,7,16H2,1-3H3,(H,17,20)(H,18,19)/t13-/m0/s1. The van der Waals surface area contributed by atoms with E-state index in [2.05, 4.69) is 10.6 Å². The zero-order valence-corrected chi connectivity index (χ0v) is 13.0. The van der Waals surface area contributed by atoms with Crippen molar-refractivity contribution >= 4 is 29.1 Å². The van der Waals surface area contributed by atoms with Gasteiger partial charge in [0.2, 0.25) is 11.8 Å². The molecule has 1 rings (SSSR count). The van der Waals surface area contributed by atoms with E-state index < -0.39 is 11.9 Å². The van der Waals surface area contributed by atoms with E-state index >= 15 is 0 Å². The normalized spacial score (nSPS) is 11.9. The van der Waals surface area contributed by atoms with Crippen LogP contribution in [0.1, 0.15) is 13.8 Å². The van der Waals surface area contributed by atoms with Crippen molar-refractivity contribution in [2.24, 2.45) is 11.7 Å². The van der Waals surface area contributed by atoms with Crippen molar-refractivity contribution < 1.29 is 14.3 Å². The van der Waals surface area contributed by atoms with Gasteiger partial charge >= 0.3 is 0 Å². The Balaban J connectivity index is 2.56. The number of hydrogen-bond acceptors (Lipinski definition) is 4. The number of rotatable bonds is 6. The Morgan fingerprint density at radius 3 is 2.62 bits per heavy atom. The van der Waals surface area contributed by atoms with Gasteiger partial charge < -0.3 is 21.1 Å². The maximum atomic E-state index is 11.8. The second kappa shape index (κ2) is 7.85. The van der Waals surface area contributed by atoms with Crippen LogP contribution in [0.4, 0.5) is 5.69 Å². The number of amides is 2. The first-order valence-electron chi connectivity index (χ1n) is 6.51. The van der Waals surface area contributed by atoms with E-state index in [9.17, 15) is 9.59 Å². The summed E-state index contributed by atoms with van der Waals surface area (Å²) in [6, 6.07) is 4.25.